The molecular weight excluding hydrogens is 635 g/mol. The van der Waals surface area contributed by atoms with E-state index in [1.807, 2.05) is 6.92 Å². The molecule has 4 aromatic carbocycles. The molecular formula is C30H23BrCl2N2O6. The van der Waals surface area contributed by atoms with Crippen LogP contribution in [0.15, 0.2) is 101 Å². The zero-order valence-corrected chi connectivity index (χ0v) is 24.7. The number of benzene rings is 4. The highest BCUT2D eigenvalue weighted by molar-refractivity contribution is 9.10. The third kappa shape index (κ3) is 8.97. The molecule has 0 aliphatic carbocycles. The lowest BCUT2D eigenvalue weighted by Crippen LogP contribution is -2.40. The minimum Gasteiger partial charge on any atom is -0.494 e. The summed E-state index contributed by atoms with van der Waals surface area (Å²) in [6, 6.07) is 24.5. The molecule has 1 N–H and O–H groups in total. The minimum absolute atomic E-state index is 0.233. The summed E-state index contributed by atoms with van der Waals surface area (Å²) < 4.78 is 23.2. The lowest BCUT2D eigenvalue weighted by molar-refractivity contribution is -0.140. The number of esters is 1. The van der Waals surface area contributed by atoms with Crippen molar-refractivity contribution in [3.8, 4) is 23.0 Å². The summed E-state index contributed by atoms with van der Waals surface area (Å²) in [6.45, 7) is 2.39. The summed E-state index contributed by atoms with van der Waals surface area (Å²) in [5.74, 6) is 0.313. The number of carbonyl (C=O) groups excluding carboxylic acids is 2. The SMILES string of the molecule is CCOc1ccc(C(=O)Oc2ccc(Br)cc2/C=N\NC(=O)C(Oc2ccc(Cl)cc2)Oc2ccc(Cl)cc2)cc1. The maximum atomic E-state index is 13.0. The maximum Gasteiger partial charge on any atom is 0.343 e. The van der Waals surface area contributed by atoms with Crippen molar-refractivity contribution >= 4 is 57.2 Å². The summed E-state index contributed by atoms with van der Waals surface area (Å²) in [5.41, 5.74) is 3.17. The number of amides is 1. The molecule has 0 fully saturated rings. The van der Waals surface area contributed by atoms with Gasteiger partial charge in [-0.1, -0.05) is 39.1 Å². The highest BCUT2D eigenvalue weighted by Gasteiger charge is 2.23. The predicted molar refractivity (Wildman–Crippen MR) is 160 cm³/mol. The average molecular weight is 658 g/mol. The fourth-order valence-corrected chi connectivity index (χ4v) is 3.98. The number of nitrogens with one attached hydrogen (secondary N) is 1. The van der Waals surface area contributed by atoms with E-state index in [1.165, 1.54) is 6.21 Å². The van der Waals surface area contributed by atoms with Crippen LogP contribution in [0.2, 0.25) is 10.0 Å². The second kappa shape index (κ2) is 14.5. The van der Waals surface area contributed by atoms with E-state index >= 15 is 0 Å². The first-order chi connectivity index (χ1) is 19.8. The van der Waals surface area contributed by atoms with Crippen LogP contribution < -0.4 is 24.4 Å². The molecule has 0 saturated carbocycles. The standard InChI is InChI=1S/C30H23BrCl2N2O6/c1-2-38-24-10-3-19(4-11-24)29(37)41-27-16-5-21(31)17-20(27)18-34-35-28(36)30(39-25-12-6-22(32)7-13-25)40-26-14-8-23(33)9-15-26/h3-18,30H,2H2,1H3,(H,35,36)/b34-18-. The molecule has 0 spiro atoms. The van der Waals surface area contributed by atoms with Crippen LogP contribution >= 0.6 is 39.1 Å². The molecule has 8 nitrogen and oxygen atoms in total. The van der Waals surface area contributed by atoms with Crippen molar-refractivity contribution in [2.75, 3.05) is 6.61 Å². The highest BCUT2D eigenvalue weighted by atomic mass is 79.9. The molecule has 210 valence electrons. The summed E-state index contributed by atoms with van der Waals surface area (Å²) in [4.78, 5) is 25.8. The summed E-state index contributed by atoms with van der Waals surface area (Å²) >= 11 is 15.3. The molecule has 41 heavy (non-hydrogen) atoms. The highest BCUT2D eigenvalue weighted by Crippen LogP contribution is 2.24. The van der Waals surface area contributed by atoms with Crippen LogP contribution in [-0.4, -0.2) is 31.0 Å². The lowest BCUT2D eigenvalue weighted by Gasteiger charge is -2.19. The second-order valence-electron chi connectivity index (χ2n) is 8.24. The van der Waals surface area contributed by atoms with Crippen molar-refractivity contribution in [3.05, 3.63) is 117 Å². The van der Waals surface area contributed by atoms with Crippen LogP contribution in [0.3, 0.4) is 0 Å². The van der Waals surface area contributed by atoms with Crippen molar-refractivity contribution in [2.24, 2.45) is 5.10 Å². The topological polar surface area (TPSA) is 95.5 Å². The zero-order valence-electron chi connectivity index (χ0n) is 21.6. The van der Waals surface area contributed by atoms with Crippen LogP contribution in [0, 0.1) is 0 Å². The summed E-state index contributed by atoms with van der Waals surface area (Å²) in [5, 5.41) is 5.05. The summed E-state index contributed by atoms with van der Waals surface area (Å²) in [7, 11) is 0. The first-order valence-electron chi connectivity index (χ1n) is 12.2. The third-order valence-electron chi connectivity index (χ3n) is 5.28. The van der Waals surface area contributed by atoms with E-state index < -0.39 is 18.2 Å². The van der Waals surface area contributed by atoms with E-state index in [0.717, 1.165) is 0 Å². The van der Waals surface area contributed by atoms with Gasteiger partial charge in [0.15, 0.2) is 0 Å². The number of hydrogen-bond donors (Lipinski definition) is 1. The Morgan fingerprint density at radius 3 is 1.98 bits per heavy atom. The Bertz CT molecular complexity index is 1470. The van der Waals surface area contributed by atoms with Gasteiger partial charge >= 0.3 is 18.2 Å². The van der Waals surface area contributed by atoms with E-state index in [-0.39, 0.29) is 5.75 Å². The van der Waals surface area contributed by atoms with Gasteiger partial charge in [0.1, 0.15) is 23.0 Å². The molecule has 0 aliphatic rings. The van der Waals surface area contributed by atoms with Crippen LogP contribution in [0.5, 0.6) is 23.0 Å². The van der Waals surface area contributed by atoms with Gasteiger partial charge in [-0.3, -0.25) is 4.79 Å². The van der Waals surface area contributed by atoms with Crippen LogP contribution in [0.4, 0.5) is 0 Å². The number of rotatable bonds is 11. The normalized spacial score (nSPS) is 10.9. The smallest absolute Gasteiger partial charge is 0.343 e. The number of hydrazone groups is 1. The van der Waals surface area contributed by atoms with E-state index in [9.17, 15) is 9.59 Å². The predicted octanol–water partition coefficient (Wildman–Crippen LogP) is 7.31. The fourth-order valence-electron chi connectivity index (χ4n) is 3.35. The van der Waals surface area contributed by atoms with Gasteiger partial charge in [0.25, 0.3) is 0 Å². The molecule has 0 atom stereocenters. The van der Waals surface area contributed by atoms with E-state index in [2.05, 4.69) is 26.5 Å². The Morgan fingerprint density at radius 2 is 1.41 bits per heavy atom. The number of ether oxygens (including phenoxy) is 4. The Labute approximate surface area is 254 Å². The Balaban J connectivity index is 1.47. The van der Waals surface area contributed by atoms with Gasteiger partial charge in [-0.25, -0.2) is 10.2 Å². The van der Waals surface area contributed by atoms with Crippen molar-refractivity contribution in [2.45, 2.75) is 13.2 Å². The maximum absolute atomic E-state index is 13.0. The summed E-state index contributed by atoms with van der Waals surface area (Å²) in [6.07, 6.45) is -0.0700. The minimum atomic E-state index is -1.41. The first-order valence-corrected chi connectivity index (χ1v) is 13.8. The largest absolute Gasteiger partial charge is 0.494 e. The van der Waals surface area contributed by atoms with Crippen molar-refractivity contribution in [1.29, 1.82) is 0 Å². The van der Waals surface area contributed by atoms with E-state index in [1.54, 1.807) is 91.0 Å². The molecule has 0 bridgehead atoms. The lowest BCUT2D eigenvalue weighted by atomic mass is 10.2. The van der Waals surface area contributed by atoms with Crippen molar-refractivity contribution in [1.82, 2.24) is 5.43 Å². The average Bonchev–Trinajstić information content (AvgIpc) is 2.96. The molecule has 0 aliphatic heterocycles. The van der Waals surface area contributed by atoms with Crippen LogP contribution in [0.1, 0.15) is 22.8 Å². The molecule has 0 saturated heterocycles. The molecule has 0 radical (unpaired) electrons. The monoisotopic (exact) mass is 656 g/mol. The molecule has 4 rings (SSSR count). The van der Waals surface area contributed by atoms with E-state index in [0.29, 0.717) is 49.5 Å². The van der Waals surface area contributed by atoms with Gasteiger partial charge in [-0.2, -0.15) is 5.10 Å². The van der Waals surface area contributed by atoms with Gasteiger partial charge in [0.2, 0.25) is 0 Å². The molecule has 4 aromatic rings. The third-order valence-corrected chi connectivity index (χ3v) is 6.28. The molecule has 11 heteroatoms. The quantitative estimate of drug-likeness (QED) is 0.0598. The number of nitrogens with zero attached hydrogens (tertiary/aromatic N) is 1. The zero-order chi connectivity index (χ0) is 29.2. The molecule has 0 unspecified atom stereocenters. The van der Waals surface area contributed by atoms with Crippen molar-refractivity contribution in [3.63, 3.8) is 0 Å². The molecule has 1 amide bonds. The van der Waals surface area contributed by atoms with Crippen molar-refractivity contribution < 1.29 is 28.5 Å². The van der Waals surface area contributed by atoms with Gasteiger partial charge in [-0.15, -0.1) is 0 Å². The Hall–Kier alpha value is -4.05. The fraction of sp³-hybridized carbons (Fsp3) is 0.100. The number of carbonyl (C=O) groups is 2. The van der Waals surface area contributed by atoms with Crippen LogP contribution in [0.25, 0.3) is 0 Å². The molecule has 0 heterocycles. The Morgan fingerprint density at radius 1 is 0.854 bits per heavy atom. The van der Waals surface area contributed by atoms with Crippen LogP contribution in [-0.2, 0) is 4.79 Å². The second-order valence-corrected chi connectivity index (χ2v) is 10.0. The number of hydrogen-bond acceptors (Lipinski definition) is 7. The van der Waals surface area contributed by atoms with E-state index in [4.69, 9.17) is 42.1 Å². The van der Waals surface area contributed by atoms with Gasteiger partial charge in [-0.05, 0) is 97.9 Å². The van der Waals surface area contributed by atoms with Gasteiger partial charge in [0.05, 0.1) is 18.4 Å². The van der Waals surface area contributed by atoms with Gasteiger partial charge < -0.3 is 18.9 Å². The Kier molecular flexibility index (Phi) is 10.6. The van der Waals surface area contributed by atoms with Gasteiger partial charge in [0, 0.05) is 20.1 Å². The first kappa shape index (κ1) is 29.9. The molecule has 0 aromatic heterocycles. The number of halogens is 3.